The lowest BCUT2D eigenvalue weighted by molar-refractivity contribution is -0.143. The number of aliphatic carboxylic acids is 1. The summed E-state index contributed by atoms with van der Waals surface area (Å²) in [4.78, 5) is 21.7. The Morgan fingerprint density at radius 1 is 1.04 bits per heavy atom. The fourth-order valence-electron chi connectivity index (χ4n) is 4.32. The van der Waals surface area contributed by atoms with Gasteiger partial charge in [0.25, 0.3) is 6.47 Å². The second kappa shape index (κ2) is 9.11. The summed E-state index contributed by atoms with van der Waals surface area (Å²) in [5.41, 5.74) is 3.69. The first-order valence-corrected chi connectivity index (χ1v) is 10.9. The Kier molecular flexibility index (Phi) is 6.79. The molecular weight excluding hydrogens is 352 g/mol. The maximum atomic E-state index is 11.2. The third kappa shape index (κ3) is 5.59. The molecule has 1 aromatic rings. The quantitative estimate of drug-likeness (QED) is 0.344. The van der Waals surface area contributed by atoms with Crippen LogP contribution in [0.5, 0.6) is 0 Å². The molecule has 28 heavy (non-hydrogen) atoms. The zero-order chi connectivity index (χ0) is 20.0. The average Bonchev–Trinajstić information content (AvgIpc) is 3.57. The predicted octanol–water partition coefficient (Wildman–Crippen LogP) is 5.38. The first-order valence-electron chi connectivity index (χ1n) is 10.9. The Bertz CT molecular complexity index is 686. The van der Waals surface area contributed by atoms with Gasteiger partial charge in [-0.2, -0.15) is 0 Å². The highest BCUT2D eigenvalue weighted by Crippen LogP contribution is 2.50. The molecule has 1 aromatic carbocycles. The molecule has 0 spiro atoms. The third-order valence-corrected chi connectivity index (χ3v) is 6.77. The van der Waals surface area contributed by atoms with Crippen molar-refractivity contribution in [2.45, 2.75) is 96.0 Å². The van der Waals surface area contributed by atoms with Crippen LogP contribution in [0.1, 0.15) is 87.3 Å². The monoisotopic (exact) mass is 386 g/mol. The Morgan fingerprint density at radius 2 is 1.75 bits per heavy atom. The zero-order valence-corrected chi connectivity index (χ0v) is 17.2. The largest absolute Gasteiger partial charge is 0.481 e. The smallest absolute Gasteiger partial charge is 0.309 e. The molecule has 154 valence electrons. The minimum absolute atomic E-state index is 0.120. The molecular formula is C24H34O4. The summed E-state index contributed by atoms with van der Waals surface area (Å²) < 4.78 is 5.21. The number of ether oxygens (including phenoxy) is 1. The van der Waals surface area contributed by atoms with Crippen LogP contribution in [-0.2, 0) is 27.2 Å². The number of carbonyl (C=O) groups excluding carboxylic acids is 1. The van der Waals surface area contributed by atoms with Crippen molar-refractivity contribution in [2.24, 2.45) is 5.41 Å². The first kappa shape index (κ1) is 20.9. The van der Waals surface area contributed by atoms with Crippen LogP contribution in [0.4, 0.5) is 0 Å². The molecule has 1 N–H and O–H groups in total. The molecule has 2 fully saturated rings. The molecule has 0 amide bonds. The molecule has 4 heteroatoms. The van der Waals surface area contributed by atoms with Crippen molar-refractivity contribution < 1.29 is 19.4 Å². The summed E-state index contributed by atoms with van der Waals surface area (Å²) in [5, 5.41) is 9.22. The molecule has 0 bridgehead atoms. The molecule has 3 rings (SSSR count). The van der Waals surface area contributed by atoms with E-state index < -0.39 is 5.97 Å². The van der Waals surface area contributed by atoms with E-state index in [4.69, 9.17) is 4.74 Å². The first-order chi connectivity index (χ1) is 13.5. The molecule has 2 aliphatic rings. The summed E-state index contributed by atoms with van der Waals surface area (Å²) in [6, 6.07) is 6.83. The van der Waals surface area contributed by atoms with Gasteiger partial charge in [0.05, 0.1) is 5.41 Å². The van der Waals surface area contributed by atoms with E-state index >= 15 is 0 Å². The van der Waals surface area contributed by atoms with Crippen molar-refractivity contribution in [2.75, 3.05) is 0 Å². The Morgan fingerprint density at radius 3 is 2.36 bits per heavy atom. The van der Waals surface area contributed by atoms with Crippen molar-refractivity contribution in [3.8, 4) is 0 Å². The van der Waals surface area contributed by atoms with Gasteiger partial charge in [-0.3, -0.25) is 9.59 Å². The van der Waals surface area contributed by atoms with Gasteiger partial charge >= 0.3 is 5.97 Å². The van der Waals surface area contributed by atoms with Gasteiger partial charge in [0.2, 0.25) is 0 Å². The summed E-state index contributed by atoms with van der Waals surface area (Å²) >= 11 is 0. The number of carboxylic acids is 1. The molecule has 2 aliphatic carbocycles. The molecule has 4 nitrogen and oxygen atoms in total. The van der Waals surface area contributed by atoms with Gasteiger partial charge in [0.1, 0.15) is 5.60 Å². The predicted molar refractivity (Wildman–Crippen MR) is 109 cm³/mol. The third-order valence-electron chi connectivity index (χ3n) is 6.77. The molecule has 0 saturated heterocycles. The number of aryl methyl sites for hydroxylation is 3. The van der Waals surface area contributed by atoms with E-state index in [0.717, 1.165) is 83.5 Å². The minimum atomic E-state index is -0.595. The van der Waals surface area contributed by atoms with Gasteiger partial charge in [0.15, 0.2) is 0 Å². The van der Waals surface area contributed by atoms with Gasteiger partial charge in [-0.15, -0.1) is 0 Å². The van der Waals surface area contributed by atoms with E-state index in [1.165, 1.54) is 16.7 Å². The number of hydrogen-bond acceptors (Lipinski definition) is 3. The highest BCUT2D eigenvalue weighted by atomic mass is 16.5. The van der Waals surface area contributed by atoms with Crippen LogP contribution in [0.3, 0.4) is 0 Å². The lowest BCUT2D eigenvalue weighted by Crippen LogP contribution is -2.14. The van der Waals surface area contributed by atoms with Gasteiger partial charge in [-0.25, -0.2) is 0 Å². The van der Waals surface area contributed by atoms with Gasteiger partial charge in [0, 0.05) is 0 Å². The maximum absolute atomic E-state index is 11.2. The second-order valence-electron chi connectivity index (χ2n) is 9.01. The number of rotatable bonds is 14. The van der Waals surface area contributed by atoms with Crippen LogP contribution in [0.25, 0.3) is 0 Å². The van der Waals surface area contributed by atoms with Crippen LogP contribution in [0.2, 0.25) is 0 Å². The fraction of sp³-hybridized carbons (Fsp3) is 0.667. The Balaban J connectivity index is 1.32. The van der Waals surface area contributed by atoms with Gasteiger partial charge in [-0.1, -0.05) is 31.0 Å². The minimum Gasteiger partial charge on any atom is -0.481 e. The van der Waals surface area contributed by atoms with Gasteiger partial charge in [-0.05, 0) is 94.2 Å². The van der Waals surface area contributed by atoms with Crippen LogP contribution in [0, 0.1) is 12.3 Å². The Hall–Kier alpha value is -1.84. The number of benzene rings is 1. The molecule has 0 heterocycles. The van der Waals surface area contributed by atoms with E-state index in [1.54, 1.807) is 0 Å². The number of hydrogen-bond donors (Lipinski definition) is 1. The summed E-state index contributed by atoms with van der Waals surface area (Å²) in [6.07, 6.45) is 13.3. The maximum Gasteiger partial charge on any atom is 0.309 e. The molecule has 0 aromatic heterocycles. The summed E-state index contributed by atoms with van der Waals surface area (Å²) in [5.74, 6) is -0.595. The van der Waals surface area contributed by atoms with Crippen molar-refractivity contribution >= 4 is 12.4 Å². The standard InChI is InChI=1S/C24H34O4/c1-19-17-20(7-4-6-12-24(15-16-24)28-18-25)9-10-21(19)8-3-2-5-11-23(13-14-23)22(26)27/h9-10,17-18H,2-8,11-16H2,1H3,(H,26,27). The van der Waals surface area contributed by atoms with Crippen molar-refractivity contribution in [1.82, 2.24) is 0 Å². The SMILES string of the molecule is Cc1cc(CCCCC2(OC=O)CC2)ccc1CCCCCC1(C(=O)O)CC1. The normalized spacial score (nSPS) is 18.5. The van der Waals surface area contributed by atoms with Crippen LogP contribution in [0.15, 0.2) is 18.2 Å². The van der Waals surface area contributed by atoms with Crippen LogP contribution < -0.4 is 0 Å². The van der Waals surface area contributed by atoms with Gasteiger partial charge < -0.3 is 9.84 Å². The highest BCUT2D eigenvalue weighted by Gasteiger charge is 2.49. The highest BCUT2D eigenvalue weighted by molar-refractivity contribution is 5.77. The van der Waals surface area contributed by atoms with E-state index in [0.29, 0.717) is 6.47 Å². The molecule has 0 aliphatic heterocycles. The molecule has 0 atom stereocenters. The fourth-order valence-corrected chi connectivity index (χ4v) is 4.32. The molecule has 0 radical (unpaired) electrons. The molecule has 0 unspecified atom stereocenters. The van der Waals surface area contributed by atoms with E-state index in [1.807, 2.05) is 0 Å². The van der Waals surface area contributed by atoms with E-state index in [2.05, 4.69) is 25.1 Å². The number of carbonyl (C=O) groups is 2. The van der Waals surface area contributed by atoms with E-state index in [-0.39, 0.29) is 11.0 Å². The number of carboxylic acid groups (broad SMARTS) is 1. The van der Waals surface area contributed by atoms with Crippen molar-refractivity contribution in [1.29, 1.82) is 0 Å². The summed E-state index contributed by atoms with van der Waals surface area (Å²) in [6.45, 7) is 2.80. The van der Waals surface area contributed by atoms with Crippen LogP contribution >= 0.6 is 0 Å². The molecule has 2 saturated carbocycles. The lowest BCUT2D eigenvalue weighted by atomic mass is 9.95. The lowest BCUT2D eigenvalue weighted by Gasteiger charge is -2.13. The second-order valence-corrected chi connectivity index (χ2v) is 9.01. The average molecular weight is 387 g/mol. The van der Waals surface area contributed by atoms with E-state index in [9.17, 15) is 14.7 Å². The topological polar surface area (TPSA) is 63.6 Å². The van der Waals surface area contributed by atoms with Crippen molar-refractivity contribution in [3.63, 3.8) is 0 Å². The van der Waals surface area contributed by atoms with Crippen LogP contribution in [-0.4, -0.2) is 23.1 Å². The zero-order valence-electron chi connectivity index (χ0n) is 17.2. The summed E-state index contributed by atoms with van der Waals surface area (Å²) in [7, 11) is 0. The Labute approximate surface area is 168 Å². The number of unbranched alkanes of at least 4 members (excludes halogenated alkanes) is 3. The van der Waals surface area contributed by atoms with Crippen molar-refractivity contribution in [3.05, 3.63) is 34.9 Å².